The van der Waals surface area contributed by atoms with Gasteiger partial charge in [-0.3, -0.25) is 10.1 Å². The van der Waals surface area contributed by atoms with Crippen molar-refractivity contribution in [3.63, 3.8) is 0 Å². The van der Waals surface area contributed by atoms with E-state index in [0.29, 0.717) is 0 Å². The van der Waals surface area contributed by atoms with Gasteiger partial charge in [0.15, 0.2) is 0 Å². The Labute approximate surface area is 73.3 Å². The van der Waals surface area contributed by atoms with Gasteiger partial charge in [-0.25, -0.2) is 0 Å². The highest BCUT2D eigenvalue weighted by atomic mass is 16.3. The van der Waals surface area contributed by atoms with Crippen molar-refractivity contribution in [3.05, 3.63) is 0 Å². The molecule has 12 heavy (non-hydrogen) atoms. The van der Waals surface area contributed by atoms with Crippen LogP contribution in [0.25, 0.3) is 0 Å². The number of aliphatic hydroxyl groups is 1. The molecule has 1 atom stereocenters. The molecule has 1 unspecified atom stereocenters. The van der Waals surface area contributed by atoms with E-state index in [1.165, 1.54) is 0 Å². The molecule has 0 heterocycles. The SMILES string of the molecule is CNC(=O)C(C)NC(C)(C)CO. The Kier molecular flexibility index (Phi) is 4.20. The summed E-state index contributed by atoms with van der Waals surface area (Å²) in [5.74, 6) is -0.0727. The summed E-state index contributed by atoms with van der Waals surface area (Å²) >= 11 is 0. The molecular formula is C8H18N2O2. The summed E-state index contributed by atoms with van der Waals surface area (Å²) in [5.41, 5.74) is -0.411. The molecule has 0 saturated carbocycles. The number of likely N-dealkylation sites (N-methyl/N-ethyl adjacent to an activating group) is 1. The van der Waals surface area contributed by atoms with Gasteiger partial charge in [0.1, 0.15) is 0 Å². The molecule has 4 nitrogen and oxygen atoms in total. The number of hydrogen-bond acceptors (Lipinski definition) is 3. The molecule has 0 aliphatic heterocycles. The molecule has 0 saturated heterocycles. The lowest BCUT2D eigenvalue weighted by atomic mass is 10.1. The van der Waals surface area contributed by atoms with Crippen LogP contribution in [0.5, 0.6) is 0 Å². The third-order valence-electron chi connectivity index (χ3n) is 1.64. The van der Waals surface area contributed by atoms with E-state index in [1.807, 2.05) is 13.8 Å². The first kappa shape index (κ1) is 11.4. The summed E-state index contributed by atoms with van der Waals surface area (Å²) < 4.78 is 0. The van der Waals surface area contributed by atoms with Crippen LogP contribution in [0.4, 0.5) is 0 Å². The maximum Gasteiger partial charge on any atom is 0.236 e. The topological polar surface area (TPSA) is 61.4 Å². The summed E-state index contributed by atoms with van der Waals surface area (Å²) in [7, 11) is 1.59. The van der Waals surface area contributed by atoms with E-state index in [1.54, 1.807) is 14.0 Å². The lowest BCUT2D eigenvalue weighted by molar-refractivity contribution is -0.122. The van der Waals surface area contributed by atoms with Gasteiger partial charge in [-0.15, -0.1) is 0 Å². The normalized spacial score (nSPS) is 14.1. The zero-order chi connectivity index (χ0) is 9.78. The van der Waals surface area contributed by atoms with Gasteiger partial charge in [0.05, 0.1) is 12.6 Å². The van der Waals surface area contributed by atoms with Gasteiger partial charge < -0.3 is 10.4 Å². The van der Waals surface area contributed by atoms with Crippen molar-refractivity contribution in [2.24, 2.45) is 0 Å². The second kappa shape index (κ2) is 4.42. The minimum Gasteiger partial charge on any atom is -0.394 e. The van der Waals surface area contributed by atoms with E-state index >= 15 is 0 Å². The third-order valence-corrected chi connectivity index (χ3v) is 1.64. The summed E-state index contributed by atoms with van der Waals surface area (Å²) in [6, 6.07) is -0.280. The molecule has 0 aromatic rings. The van der Waals surface area contributed by atoms with Crippen LogP contribution in [0, 0.1) is 0 Å². The zero-order valence-corrected chi connectivity index (χ0v) is 8.14. The minimum absolute atomic E-state index is 0.00827. The summed E-state index contributed by atoms with van der Waals surface area (Å²) in [6.07, 6.45) is 0. The first-order valence-electron chi connectivity index (χ1n) is 4.03. The molecule has 0 aromatic heterocycles. The van der Waals surface area contributed by atoms with Crippen LogP contribution < -0.4 is 10.6 Å². The van der Waals surface area contributed by atoms with Crippen molar-refractivity contribution in [1.29, 1.82) is 0 Å². The fourth-order valence-corrected chi connectivity index (χ4v) is 0.914. The van der Waals surface area contributed by atoms with Gasteiger partial charge in [0, 0.05) is 12.6 Å². The van der Waals surface area contributed by atoms with Crippen LogP contribution in [0.1, 0.15) is 20.8 Å². The van der Waals surface area contributed by atoms with E-state index in [0.717, 1.165) is 0 Å². The molecule has 0 aliphatic carbocycles. The van der Waals surface area contributed by atoms with E-state index < -0.39 is 5.54 Å². The largest absolute Gasteiger partial charge is 0.394 e. The van der Waals surface area contributed by atoms with Gasteiger partial charge in [-0.05, 0) is 20.8 Å². The molecule has 0 aromatic carbocycles. The Morgan fingerprint density at radius 2 is 2.08 bits per heavy atom. The molecule has 0 fully saturated rings. The van der Waals surface area contributed by atoms with Crippen molar-refractivity contribution < 1.29 is 9.90 Å². The van der Waals surface area contributed by atoms with Crippen LogP contribution in [0.15, 0.2) is 0 Å². The van der Waals surface area contributed by atoms with Crippen LogP contribution in [-0.2, 0) is 4.79 Å². The standard InChI is InChI=1S/C8H18N2O2/c1-6(7(12)9-4)10-8(2,3)5-11/h6,10-11H,5H2,1-4H3,(H,9,12). The fraction of sp³-hybridized carbons (Fsp3) is 0.875. The van der Waals surface area contributed by atoms with Crippen LogP contribution >= 0.6 is 0 Å². The van der Waals surface area contributed by atoms with Gasteiger partial charge in [0.25, 0.3) is 0 Å². The zero-order valence-electron chi connectivity index (χ0n) is 8.14. The second-order valence-corrected chi connectivity index (χ2v) is 3.52. The first-order chi connectivity index (χ1) is 5.43. The molecular weight excluding hydrogens is 156 g/mol. The molecule has 72 valence electrons. The molecule has 0 spiro atoms. The lowest BCUT2D eigenvalue weighted by Crippen LogP contribution is -2.52. The van der Waals surface area contributed by atoms with E-state index in [9.17, 15) is 4.79 Å². The Bertz CT molecular complexity index is 157. The number of rotatable bonds is 4. The summed E-state index contributed by atoms with van der Waals surface area (Å²) in [5, 5.41) is 14.4. The average Bonchev–Trinajstić information content (AvgIpc) is 2.02. The lowest BCUT2D eigenvalue weighted by Gasteiger charge is -2.27. The van der Waals surface area contributed by atoms with Crippen molar-refractivity contribution in [2.45, 2.75) is 32.4 Å². The Morgan fingerprint density at radius 1 is 1.58 bits per heavy atom. The average molecular weight is 174 g/mol. The van der Waals surface area contributed by atoms with Gasteiger partial charge in [0.2, 0.25) is 5.91 Å². The maximum absolute atomic E-state index is 11.1. The Hall–Kier alpha value is -0.610. The van der Waals surface area contributed by atoms with E-state index in [2.05, 4.69) is 10.6 Å². The number of carbonyl (C=O) groups is 1. The molecule has 3 N–H and O–H groups in total. The molecule has 0 rings (SSSR count). The van der Waals surface area contributed by atoms with Gasteiger partial charge in [-0.1, -0.05) is 0 Å². The van der Waals surface area contributed by atoms with Crippen LogP contribution in [0.2, 0.25) is 0 Å². The highest BCUT2D eigenvalue weighted by molar-refractivity contribution is 5.81. The number of aliphatic hydroxyl groups excluding tert-OH is 1. The predicted octanol–water partition coefficient (Wildman–Crippen LogP) is -0.519. The second-order valence-electron chi connectivity index (χ2n) is 3.52. The van der Waals surface area contributed by atoms with Crippen LogP contribution in [0.3, 0.4) is 0 Å². The Balaban J connectivity index is 3.99. The van der Waals surface area contributed by atoms with Crippen LogP contribution in [-0.4, -0.2) is 36.2 Å². The quantitative estimate of drug-likeness (QED) is 0.537. The first-order valence-corrected chi connectivity index (χ1v) is 4.03. The minimum atomic E-state index is -0.411. The van der Waals surface area contributed by atoms with Gasteiger partial charge >= 0.3 is 0 Å². The maximum atomic E-state index is 11.1. The molecule has 4 heteroatoms. The van der Waals surface area contributed by atoms with Crippen molar-refractivity contribution in [1.82, 2.24) is 10.6 Å². The highest BCUT2D eigenvalue weighted by Crippen LogP contribution is 2.01. The number of hydrogen-bond donors (Lipinski definition) is 3. The van der Waals surface area contributed by atoms with E-state index in [-0.39, 0.29) is 18.6 Å². The number of amides is 1. The molecule has 0 radical (unpaired) electrons. The molecule has 1 amide bonds. The highest BCUT2D eigenvalue weighted by Gasteiger charge is 2.21. The van der Waals surface area contributed by atoms with Crippen molar-refractivity contribution >= 4 is 5.91 Å². The van der Waals surface area contributed by atoms with Crippen molar-refractivity contribution in [2.75, 3.05) is 13.7 Å². The number of carbonyl (C=O) groups excluding carboxylic acids is 1. The number of nitrogens with one attached hydrogen (secondary N) is 2. The smallest absolute Gasteiger partial charge is 0.236 e. The third kappa shape index (κ3) is 3.69. The summed E-state index contributed by atoms with van der Waals surface area (Å²) in [4.78, 5) is 11.1. The van der Waals surface area contributed by atoms with E-state index in [4.69, 9.17) is 5.11 Å². The van der Waals surface area contributed by atoms with Gasteiger partial charge in [-0.2, -0.15) is 0 Å². The van der Waals surface area contributed by atoms with Crippen molar-refractivity contribution in [3.8, 4) is 0 Å². The summed E-state index contributed by atoms with van der Waals surface area (Å²) in [6.45, 7) is 5.45. The Morgan fingerprint density at radius 3 is 2.42 bits per heavy atom. The predicted molar refractivity (Wildman–Crippen MR) is 47.8 cm³/mol. The molecule has 0 aliphatic rings. The fourth-order valence-electron chi connectivity index (χ4n) is 0.914. The monoisotopic (exact) mass is 174 g/mol. The molecule has 0 bridgehead atoms.